The maximum Gasteiger partial charge on any atom is 0.120 e. The maximum atomic E-state index is 9.72. The predicted molar refractivity (Wildman–Crippen MR) is 61.3 cm³/mol. The summed E-state index contributed by atoms with van der Waals surface area (Å²) in [4.78, 5) is 0. The lowest BCUT2D eigenvalue weighted by atomic mass is 10.1. The van der Waals surface area contributed by atoms with Crippen LogP contribution >= 0.6 is 23.4 Å². The van der Waals surface area contributed by atoms with Crippen molar-refractivity contribution in [3.05, 3.63) is 28.8 Å². The van der Waals surface area contributed by atoms with E-state index in [1.807, 2.05) is 6.26 Å². The number of benzene rings is 1. The van der Waals surface area contributed by atoms with Gasteiger partial charge in [0.25, 0.3) is 0 Å². The third-order valence-corrected chi connectivity index (χ3v) is 2.87. The number of aliphatic hydroxyl groups excluding tert-OH is 1. The molecule has 1 aromatic carbocycles. The quantitative estimate of drug-likeness (QED) is 0.866. The largest absolute Gasteiger partial charge is 0.497 e. The van der Waals surface area contributed by atoms with E-state index in [2.05, 4.69) is 0 Å². The Morgan fingerprint density at radius 1 is 1.57 bits per heavy atom. The first-order valence-electron chi connectivity index (χ1n) is 4.19. The summed E-state index contributed by atoms with van der Waals surface area (Å²) >= 11 is 7.57. The zero-order valence-electron chi connectivity index (χ0n) is 8.16. The van der Waals surface area contributed by atoms with Gasteiger partial charge in [-0.15, -0.1) is 0 Å². The van der Waals surface area contributed by atoms with Gasteiger partial charge in [0.1, 0.15) is 5.75 Å². The number of hydrogen-bond donors (Lipinski definition) is 1. The van der Waals surface area contributed by atoms with E-state index in [1.165, 1.54) is 0 Å². The molecule has 0 bridgehead atoms. The molecule has 0 aliphatic rings. The average molecular weight is 233 g/mol. The van der Waals surface area contributed by atoms with Crippen LogP contribution in [0, 0.1) is 0 Å². The molecule has 4 heteroatoms. The van der Waals surface area contributed by atoms with Crippen molar-refractivity contribution >= 4 is 23.4 Å². The molecule has 1 N–H and O–H groups in total. The van der Waals surface area contributed by atoms with Gasteiger partial charge in [0.15, 0.2) is 0 Å². The lowest BCUT2D eigenvalue weighted by Crippen LogP contribution is -2.01. The minimum Gasteiger partial charge on any atom is -0.497 e. The van der Waals surface area contributed by atoms with Crippen LogP contribution in [0.1, 0.15) is 11.7 Å². The van der Waals surface area contributed by atoms with Gasteiger partial charge >= 0.3 is 0 Å². The number of aliphatic hydroxyl groups is 1. The molecule has 0 radical (unpaired) electrons. The average Bonchev–Trinajstić information content (AvgIpc) is 2.17. The topological polar surface area (TPSA) is 29.5 Å². The number of halogens is 1. The smallest absolute Gasteiger partial charge is 0.120 e. The first-order valence-corrected chi connectivity index (χ1v) is 5.96. The van der Waals surface area contributed by atoms with E-state index in [9.17, 15) is 5.11 Å². The Kier molecular flexibility index (Phi) is 4.58. The van der Waals surface area contributed by atoms with Crippen LogP contribution in [0.25, 0.3) is 0 Å². The third-order valence-electron chi connectivity index (χ3n) is 1.89. The Morgan fingerprint density at radius 2 is 2.29 bits per heavy atom. The monoisotopic (exact) mass is 232 g/mol. The molecule has 0 fully saturated rings. The van der Waals surface area contributed by atoms with Crippen molar-refractivity contribution < 1.29 is 9.84 Å². The van der Waals surface area contributed by atoms with Crippen LogP contribution < -0.4 is 4.74 Å². The van der Waals surface area contributed by atoms with E-state index in [0.717, 1.165) is 5.56 Å². The molecule has 1 unspecified atom stereocenters. The number of hydrogen-bond acceptors (Lipinski definition) is 3. The van der Waals surface area contributed by atoms with Crippen molar-refractivity contribution in [3.63, 3.8) is 0 Å². The number of rotatable bonds is 4. The SMILES string of the molecule is COc1ccc(C(O)CSC)c(Cl)c1. The van der Waals surface area contributed by atoms with Crippen molar-refractivity contribution in [1.82, 2.24) is 0 Å². The predicted octanol–water partition coefficient (Wildman–Crippen LogP) is 2.75. The van der Waals surface area contributed by atoms with E-state index in [4.69, 9.17) is 16.3 Å². The highest BCUT2D eigenvalue weighted by Gasteiger charge is 2.11. The number of ether oxygens (including phenoxy) is 1. The molecule has 0 spiro atoms. The van der Waals surface area contributed by atoms with Crippen molar-refractivity contribution in [2.75, 3.05) is 19.1 Å². The summed E-state index contributed by atoms with van der Waals surface area (Å²) in [6.07, 6.45) is 1.43. The summed E-state index contributed by atoms with van der Waals surface area (Å²) < 4.78 is 5.02. The fraction of sp³-hybridized carbons (Fsp3) is 0.400. The molecule has 0 saturated heterocycles. The minimum absolute atomic E-state index is 0.511. The van der Waals surface area contributed by atoms with E-state index >= 15 is 0 Å². The van der Waals surface area contributed by atoms with Gasteiger partial charge < -0.3 is 9.84 Å². The zero-order chi connectivity index (χ0) is 10.6. The maximum absolute atomic E-state index is 9.72. The third kappa shape index (κ3) is 2.80. The van der Waals surface area contributed by atoms with E-state index in [0.29, 0.717) is 16.5 Å². The van der Waals surface area contributed by atoms with Gasteiger partial charge in [-0.2, -0.15) is 11.8 Å². The summed E-state index contributed by atoms with van der Waals surface area (Å²) in [7, 11) is 1.59. The summed E-state index contributed by atoms with van der Waals surface area (Å²) in [5, 5.41) is 10.3. The molecule has 2 nitrogen and oxygen atoms in total. The Labute approximate surface area is 93.2 Å². The second-order valence-corrected chi connectivity index (χ2v) is 4.18. The Balaban J connectivity index is 2.88. The molecule has 0 amide bonds. The molecule has 0 saturated carbocycles. The van der Waals surface area contributed by atoms with Gasteiger partial charge in [0, 0.05) is 11.3 Å². The molecule has 1 aromatic rings. The normalized spacial score (nSPS) is 12.6. The summed E-state index contributed by atoms with van der Waals surface area (Å²) in [6, 6.07) is 5.30. The molecule has 0 aromatic heterocycles. The van der Waals surface area contributed by atoms with E-state index in [-0.39, 0.29) is 0 Å². The van der Waals surface area contributed by atoms with Crippen LogP contribution in [0.5, 0.6) is 5.75 Å². The van der Waals surface area contributed by atoms with Crippen molar-refractivity contribution in [2.24, 2.45) is 0 Å². The summed E-state index contributed by atoms with van der Waals surface area (Å²) in [6.45, 7) is 0. The molecular formula is C10H13ClO2S. The molecule has 0 aliphatic heterocycles. The molecule has 14 heavy (non-hydrogen) atoms. The van der Waals surface area contributed by atoms with Crippen LogP contribution in [0.15, 0.2) is 18.2 Å². The van der Waals surface area contributed by atoms with Gasteiger partial charge in [-0.05, 0) is 18.4 Å². The van der Waals surface area contributed by atoms with Crippen LogP contribution in [-0.2, 0) is 0 Å². The first kappa shape index (κ1) is 11.7. The van der Waals surface area contributed by atoms with Crippen LogP contribution in [-0.4, -0.2) is 24.2 Å². The van der Waals surface area contributed by atoms with E-state index < -0.39 is 6.10 Å². The Morgan fingerprint density at radius 3 is 2.79 bits per heavy atom. The van der Waals surface area contributed by atoms with E-state index in [1.54, 1.807) is 37.1 Å². The molecule has 0 heterocycles. The van der Waals surface area contributed by atoms with Crippen LogP contribution in [0.3, 0.4) is 0 Å². The van der Waals surface area contributed by atoms with Gasteiger partial charge in [-0.1, -0.05) is 17.7 Å². The highest BCUT2D eigenvalue weighted by molar-refractivity contribution is 7.98. The highest BCUT2D eigenvalue weighted by atomic mass is 35.5. The van der Waals surface area contributed by atoms with Crippen LogP contribution in [0.2, 0.25) is 5.02 Å². The number of methoxy groups -OCH3 is 1. The minimum atomic E-state index is -0.511. The van der Waals surface area contributed by atoms with Gasteiger partial charge in [-0.25, -0.2) is 0 Å². The van der Waals surface area contributed by atoms with Gasteiger partial charge in [0.2, 0.25) is 0 Å². The van der Waals surface area contributed by atoms with Gasteiger partial charge in [0.05, 0.1) is 18.2 Å². The molecular weight excluding hydrogens is 220 g/mol. The lowest BCUT2D eigenvalue weighted by Gasteiger charge is -2.12. The summed E-state index contributed by atoms with van der Waals surface area (Å²) in [5.41, 5.74) is 0.752. The van der Waals surface area contributed by atoms with Crippen molar-refractivity contribution in [1.29, 1.82) is 0 Å². The summed E-state index contributed by atoms with van der Waals surface area (Å²) in [5.74, 6) is 1.35. The molecule has 1 atom stereocenters. The Hall–Kier alpha value is -0.380. The van der Waals surface area contributed by atoms with Gasteiger partial charge in [-0.3, -0.25) is 0 Å². The first-order chi connectivity index (χ1) is 6.69. The zero-order valence-corrected chi connectivity index (χ0v) is 9.73. The fourth-order valence-electron chi connectivity index (χ4n) is 1.15. The highest BCUT2D eigenvalue weighted by Crippen LogP contribution is 2.28. The Bertz CT molecular complexity index is 304. The molecule has 0 aliphatic carbocycles. The second-order valence-electron chi connectivity index (χ2n) is 2.86. The lowest BCUT2D eigenvalue weighted by molar-refractivity contribution is 0.204. The molecule has 1 rings (SSSR count). The van der Waals surface area contributed by atoms with Crippen LogP contribution in [0.4, 0.5) is 0 Å². The van der Waals surface area contributed by atoms with Crippen molar-refractivity contribution in [3.8, 4) is 5.75 Å². The second kappa shape index (κ2) is 5.49. The molecule has 78 valence electrons. The standard InChI is InChI=1S/C10H13ClO2S/c1-13-7-3-4-8(9(11)5-7)10(12)6-14-2/h3-5,10,12H,6H2,1-2H3. The number of thioether (sulfide) groups is 1. The fourth-order valence-corrected chi connectivity index (χ4v) is 1.94. The van der Waals surface area contributed by atoms with Crippen molar-refractivity contribution in [2.45, 2.75) is 6.10 Å².